The molecule has 0 aliphatic carbocycles. The van der Waals surface area contributed by atoms with E-state index < -0.39 is 5.60 Å². The summed E-state index contributed by atoms with van der Waals surface area (Å²) in [6, 6.07) is -0.0852. The lowest BCUT2D eigenvalue weighted by atomic mass is 9.91. The summed E-state index contributed by atoms with van der Waals surface area (Å²) in [5.41, 5.74) is -0.722. The van der Waals surface area contributed by atoms with Crippen LogP contribution in [0.15, 0.2) is 0 Å². The van der Waals surface area contributed by atoms with Crippen LogP contribution < -0.4 is 5.32 Å². The Labute approximate surface area is 128 Å². The van der Waals surface area contributed by atoms with Gasteiger partial charge in [0.15, 0.2) is 0 Å². The maximum Gasteiger partial charge on any atom is 0.237 e. The van der Waals surface area contributed by atoms with E-state index in [-0.39, 0.29) is 11.9 Å². The van der Waals surface area contributed by atoms with Gasteiger partial charge in [-0.3, -0.25) is 9.69 Å². The summed E-state index contributed by atoms with van der Waals surface area (Å²) in [4.78, 5) is 16.8. The minimum atomic E-state index is -0.722. The van der Waals surface area contributed by atoms with Crippen LogP contribution in [0.4, 0.5) is 0 Å². The molecule has 2 heterocycles. The number of hydrogen-bond acceptors (Lipinski definition) is 4. The van der Waals surface area contributed by atoms with Crippen molar-refractivity contribution in [3.63, 3.8) is 0 Å². The maximum atomic E-state index is 12.3. The minimum absolute atomic E-state index is 0.0595. The second kappa shape index (κ2) is 7.56. The molecule has 0 aromatic carbocycles. The van der Waals surface area contributed by atoms with Crippen molar-refractivity contribution in [3.05, 3.63) is 0 Å². The number of carbonyl (C=O) groups is 1. The van der Waals surface area contributed by atoms with Gasteiger partial charge in [0.25, 0.3) is 0 Å². The molecule has 2 saturated heterocycles. The topological polar surface area (TPSA) is 55.8 Å². The van der Waals surface area contributed by atoms with E-state index in [1.165, 1.54) is 25.7 Å². The molecule has 1 unspecified atom stereocenters. The Hall–Kier alpha value is -0.650. The normalized spacial score (nSPS) is 26.0. The van der Waals surface area contributed by atoms with Gasteiger partial charge in [0, 0.05) is 19.6 Å². The average molecular weight is 297 g/mol. The van der Waals surface area contributed by atoms with Crippen LogP contribution in [-0.2, 0) is 4.79 Å². The number of carbonyl (C=O) groups excluding carboxylic acids is 1. The van der Waals surface area contributed by atoms with Gasteiger partial charge in [-0.25, -0.2) is 0 Å². The van der Waals surface area contributed by atoms with Gasteiger partial charge >= 0.3 is 0 Å². The zero-order chi connectivity index (χ0) is 15.3. The molecule has 0 saturated carbocycles. The number of likely N-dealkylation sites (tertiary alicyclic amines) is 2. The highest BCUT2D eigenvalue weighted by atomic mass is 16.3. The van der Waals surface area contributed by atoms with Gasteiger partial charge < -0.3 is 15.3 Å². The summed E-state index contributed by atoms with van der Waals surface area (Å²) in [6.07, 6.45) is 6.40. The molecule has 2 N–H and O–H groups in total. The summed E-state index contributed by atoms with van der Waals surface area (Å²) >= 11 is 0. The maximum absolute atomic E-state index is 12.3. The van der Waals surface area contributed by atoms with Gasteiger partial charge in [0.2, 0.25) is 5.91 Å². The van der Waals surface area contributed by atoms with E-state index in [1.807, 2.05) is 6.92 Å². The van der Waals surface area contributed by atoms with E-state index >= 15 is 0 Å². The van der Waals surface area contributed by atoms with Gasteiger partial charge in [0.1, 0.15) is 0 Å². The van der Waals surface area contributed by atoms with E-state index in [2.05, 4.69) is 22.2 Å². The van der Waals surface area contributed by atoms with Crippen LogP contribution in [0.25, 0.3) is 0 Å². The fraction of sp³-hybridized carbons (Fsp3) is 0.938. The molecule has 0 bridgehead atoms. The van der Waals surface area contributed by atoms with Gasteiger partial charge in [-0.2, -0.15) is 0 Å². The highest BCUT2D eigenvalue weighted by molar-refractivity contribution is 5.81. The number of aliphatic hydroxyl groups is 1. The second-order valence-corrected chi connectivity index (χ2v) is 6.87. The number of nitrogens with zero attached hydrogens (tertiary/aromatic N) is 2. The number of amides is 1. The fourth-order valence-corrected chi connectivity index (χ4v) is 3.26. The largest absolute Gasteiger partial charge is 0.388 e. The van der Waals surface area contributed by atoms with Crippen molar-refractivity contribution in [3.8, 4) is 0 Å². The van der Waals surface area contributed by atoms with Gasteiger partial charge in [-0.15, -0.1) is 0 Å². The van der Waals surface area contributed by atoms with Crippen LogP contribution in [0.2, 0.25) is 0 Å². The summed E-state index contributed by atoms with van der Waals surface area (Å²) in [7, 11) is 2.07. The van der Waals surface area contributed by atoms with Gasteiger partial charge in [0.05, 0.1) is 11.6 Å². The Balaban J connectivity index is 1.77. The van der Waals surface area contributed by atoms with Crippen molar-refractivity contribution in [1.29, 1.82) is 0 Å². The second-order valence-electron chi connectivity index (χ2n) is 6.87. The Morgan fingerprint density at radius 1 is 1.14 bits per heavy atom. The zero-order valence-corrected chi connectivity index (χ0v) is 13.6. The molecular weight excluding hydrogens is 266 g/mol. The molecule has 122 valence electrons. The SMILES string of the molecule is CC(C(=O)NCC1(O)CCN(C)CC1)N1CCCCCC1. The predicted octanol–water partition coefficient (Wildman–Crippen LogP) is 0.824. The van der Waals surface area contributed by atoms with Crippen molar-refractivity contribution in [2.75, 3.05) is 39.8 Å². The summed E-state index contributed by atoms with van der Waals surface area (Å²) in [5, 5.41) is 13.5. The van der Waals surface area contributed by atoms with Gasteiger partial charge in [-0.1, -0.05) is 12.8 Å². The Bertz CT molecular complexity index is 332. The molecular formula is C16H31N3O2. The quantitative estimate of drug-likeness (QED) is 0.807. The molecule has 5 heteroatoms. The van der Waals surface area contributed by atoms with Crippen molar-refractivity contribution in [2.24, 2.45) is 0 Å². The summed E-state index contributed by atoms with van der Waals surface area (Å²) in [6.45, 7) is 6.20. The first-order valence-electron chi connectivity index (χ1n) is 8.43. The molecule has 2 rings (SSSR count). The number of hydrogen-bond donors (Lipinski definition) is 2. The first-order chi connectivity index (χ1) is 10.0. The van der Waals surface area contributed by atoms with E-state index in [4.69, 9.17) is 0 Å². The van der Waals surface area contributed by atoms with Crippen LogP contribution in [-0.4, -0.2) is 72.2 Å². The van der Waals surface area contributed by atoms with Crippen molar-refractivity contribution < 1.29 is 9.90 Å². The van der Waals surface area contributed by atoms with Crippen molar-refractivity contribution in [2.45, 2.75) is 57.1 Å². The molecule has 2 aliphatic heterocycles. The van der Waals surface area contributed by atoms with Crippen LogP contribution in [0.3, 0.4) is 0 Å². The standard InChI is InChI=1S/C16H31N3O2/c1-14(19-9-5-3-4-6-10-19)15(20)17-13-16(21)7-11-18(2)12-8-16/h14,21H,3-13H2,1-2H3,(H,17,20). The summed E-state index contributed by atoms with van der Waals surface area (Å²) < 4.78 is 0. The molecule has 1 atom stereocenters. The number of nitrogens with one attached hydrogen (secondary N) is 1. The lowest BCUT2D eigenvalue weighted by Crippen LogP contribution is -2.53. The Morgan fingerprint density at radius 3 is 2.29 bits per heavy atom. The van der Waals surface area contributed by atoms with E-state index in [1.54, 1.807) is 0 Å². The van der Waals surface area contributed by atoms with Crippen LogP contribution in [0, 0.1) is 0 Å². The Morgan fingerprint density at radius 2 is 1.71 bits per heavy atom. The fourth-order valence-electron chi connectivity index (χ4n) is 3.26. The third-order valence-corrected chi connectivity index (χ3v) is 5.08. The number of rotatable bonds is 4. The molecule has 21 heavy (non-hydrogen) atoms. The Kier molecular flexibility index (Phi) is 6.02. The van der Waals surface area contributed by atoms with E-state index in [0.29, 0.717) is 6.54 Å². The van der Waals surface area contributed by atoms with E-state index in [9.17, 15) is 9.90 Å². The minimum Gasteiger partial charge on any atom is -0.388 e. The molecule has 5 nitrogen and oxygen atoms in total. The summed E-state index contributed by atoms with van der Waals surface area (Å²) in [5.74, 6) is 0.0595. The highest BCUT2D eigenvalue weighted by Gasteiger charge is 2.32. The molecule has 0 aromatic rings. The third kappa shape index (κ3) is 4.94. The van der Waals surface area contributed by atoms with Crippen molar-refractivity contribution in [1.82, 2.24) is 15.1 Å². The zero-order valence-electron chi connectivity index (χ0n) is 13.6. The molecule has 0 aromatic heterocycles. The monoisotopic (exact) mass is 297 g/mol. The first-order valence-corrected chi connectivity index (χ1v) is 8.43. The lowest BCUT2D eigenvalue weighted by Gasteiger charge is -2.37. The van der Waals surface area contributed by atoms with Crippen LogP contribution in [0.1, 0.15) is 45.4 Å². The van der Waals surface area contributed by atoms with Crippen molar-refractivity contribution >= 4 is 5.91 Å². The lowest BCUT2D eigenvalue weighted by molar-refractivity contribution is -0.127. The molecule has 2 aliphatic rings. The molecule has 0 radical (unpaired) electrons. The highest BCUT2D eigenvalue weighted by Crippen LogP contribution is 2.20. The third-order valence-electron chi connectivity index (χ3n) is 5.08. The smallest absolute Gasteiger partial charge is 0.237 e. The molecule has 1 amide bonds. The molecule has 0 spiro atoms. The van der Waals surface area contributed by atoms with E-state index in [0.717, 1.165) is 39.0 Å². The van der Waals surface area contributed by atoms with Gasteiger partial charge in [-0.05, 0) is 52.7 Å². The first kappa shape index (κ1) is 16.7. The van der Waals surface area contributed by atoms with Crippen LogP contribution >= 0.6 is 0 Å². The molecule has 2 fully saturated rings. The number of piperidine rings is 1. The van der Waals surface area contributed by atoms with Crippen LogP contribution in [0.5, 0.6) is 0 Å². The average Bonchev–Trinajstić information content (AvgIpc) is 2.77. The predicted molar refractivity (Wildman–Crippen MR) is 84.2 cm³/mol.